The smallest absolute Gasteiger partial charge is 0.261 e. The van der Waals surface area contributed by atoms with Crippen molar-refractivity contribution in [1.82, 2.24) is 5.32 Å². The van der Waals surface area contributed by atoms with Crippen LogP contribution in [-0.4, -0.2) is 12.0 Å². The third kappa shape index (κ3) is 3.74. The highest BCUT2D eigenvalue weighted by molar-refractivity contribution is 5.84. The van der Waals surface area contributed by atoms with Crippen LogP contribution in [0.2, 0.25) is 0 Å². The molecule has 0 fully saturated rings. The highest BCUT2D eigenvalue weighted by atomic mass is 16.5. The number of hydrogen-bond acceptors (Lipinski definition) is 2. The molecular weight excluding hydrogens is 298 g/mol. The molecule has 3 aromatic carbocycles. The minimum absolute atomic E-state index is 0.0797. The van der Waals surface area contributed by atoms with E-state index in [0.717, 1.165) is 5.56 Å². The van der Waals surface area contributed by atoms with Crippen LogP contribution < -0.4 is 10.1 Å². The van der Waals surface area contributed by atoms with Gasteiger partial charge in [0.25, 0.3) is 5.91 Å². The second kappa shape index (κ2) is 7.18. The Morgan fingerprint density at radius 3 is 2.29 bits per heavy atom. The summed E-state index contributed by atoms with van der Waals surface area (Å²) in [6.07, 6.45) is -0.546. The molecule has 0 saturated heterocycles. The molecule has 0 aliphatic rings. The van der Waals surface area contributed by atoms with Gasteiger partial charge < -0.3 is 10.1 Å². The normalized spacial score (nSPS) is 13.2. The number of hydrogen-bond donors (Lipinski definition) is 1. The Balaban J connectivity index is 1.66. The summed E-state index contributed by atoms with van der Waals surface area (Å²) >= 11 is 0. The Hall–Kier alpha value is -2.81. The van der Waals surface area contributed by atoms with E-state index in [4.69, 9.17) is 4.74 Å². The summed E-state index contributed by atoms with van der Waals surface area (Å²) in [5.41, 5.74) is 1.08. The molecule has 0 bridgehead atoms. The lowest BCUT2D eigenvalue weighted by molar-refractivity contribution is -0.127. The Labute approximate surface area is 142 Å². The number of carbonyl (C=O) groups is 1. The zero-order chi connectivity index (χ0) is 16.9. The van der Waals surface area contributed by atoms with Gasteiger partial charge in [-0.05, 0) is 48.4 Å². The predicted molar refractivity (Wildman–Crippen MR) is 97.0 cm³/mol. The van der Waals surface area contributed by atoms with Crippen molar-refractivity contribution in [2.75, 3.05) is 0 Å². The maximum atomic E-state index is 12.4. The molecule has 0 saturated carbocycles. The maximum absolute atomic E-state index is 12.4. The first kappa shape index (κ1) is 16.1. The number of carbonyl (C=O) groups excluding carboxylic acids is 1. The second-order valence-electron chi connectivity index (χ2n) is 5.91. The van der Waals surface area contributed by atoms with E-state index in [1.807, 2.05) is 49.4 Å². The molecule has 0 heterocycles. The number of rotatable bonds is 5. The largest absolute Gasteiger partial charge is 0.481 e. The molecule has 2 atom stereocenters. The lowest BCUT2D eigenvalue weighted by Gasteiger charge is -2.19. The first-order valence-electron chi connectivity index (χ1n) is 8.14. The first-order chi connectivity index (χ1) is 11.6. The fourth-order valence-electron chi connectivity index (χ4n) is 2.65. The lowest BCUT2D eigenvalue weighted by atomic mass is 10.0. The van der Waals surface area contributed by atoms with E-state index in [1.54, 1.807) is 6.92 Å². The number of para-hydroxylation sites is 1. The van der Waals surface area contributed by atoms with Crippen molar-refractivity contribution in [3.05, 3.63) is 78.4 Å². The summed E-state index contributed by atoms with van der Waals surface area (Å²) in [7, 11) is 0. The van der Waals surface area contributed by atoms with Crippen molar-refractivity contribution in [3.8, 4) is 5.75 Å². The van der Waals surface area contributed by atoms with Gasteiger partial charge in [-0.1, -0.05) is 54.6 Å². The number of amides is 1. The summed E-state index contributed by atoms with van der Waals surface area (Å²) in [5, 5.41) is 5.38. The van der Waals surface area contributed by atoms with Crippen molar-refractivity contribution < 1.29 is 9.53 Å². The van der Waals surface area contributed by atoms with E-state index in [-0.39, 0.29) is 11.9 Å². The molecule has 1 amide bonds. The van der Waals surface area contributed by atoms with Crippen LogP contribution in [0, 0.1) is 0 Å². The molecule has 0 aromatic heterocycles. The summed E-state index contributed by atoms with van der Waals surface area (Å²) in [5.74, 6) is 0.568. The topological polar surface area (TPSA) is 38.3 Å². The fourth-order valence-corrected chi connectivity index (χ4v) is 2.65. The van der Waals surface area contributed by atoms with Crippen LogP contribution in [0.3, 0.4) is 0 Å². The van der Waals surface area contributed by atoms with Gasteiger partial charge in [0.15, 0.2) is 6.10 Å². The van der Waals surface area contributed by atoms with Gasteiger partial charge in [0.05, 0.1) is 6.04 Å². The van der Waals surface area contributed by atoms with Gasteiger partial charge >= 0.3 is 0 Å². The summed E-state index contributed by atoms with van der Waals surface area (Å²) in [6.45, 7) is 3.74. The van der Waals surface area contributed by atoms with Gasteiger partial charge in [0.2, 0.25) is 0 Å². The van der Waals surface area contributed by atoms with Gasteiger partial charge in [-0.3, -0.25) is 4.79 Å². The molecule has 0 aliphatic carbocycles. The van der Waals surface area contributed by atoms with Crippen LogP contribution in [0.5, 0.6) is 5.75 Å². The third-order valence-corrected chi connectivity index (χ3v) is 4.06. The SMILES string of the molecule is CC(Oc1ccccc1)C(=O)NC(C)c1ccc2ccccc2c1. The van der Waals surface area contributed by atoms with Gasteiger partial charge in [0, 0.05) is 0 Å². The summed E-state index contributed by atoms with van der Waals surface area (Å²) in [6, 6.07) is 23.7. The Kier molecular flexibility index (Phi) is 4.80. The van der Waals surface area contributed by atoms with Gasteiger partial charge in [0.1, 0.15) is 5.75 Å². The lowest BCUT2D eigenvalue weighted by Crippen LogP contribution is -2.37. The molecule has 0 radical (unpaired) electrons. The Bertz CT molecular complexity index is 829. The van der Waals surface area contributed by atoms with Gasteiger partial charge in [-0.25, -0.2) is 0 Å². The van der Waals surface area contributed by atoms with E-state index >= 15 is 0 Å². The molecular formula is C21H21NO2. The second-order valence-corrected chi connectivity index (χ2v) is 5.91. The summed E-state index contributed by atoms with van der Waals surface area (Å²) < 4.78 is 5.67. The van der Waals surface area contributed by atoms with Crippen LogP contribution >= 0.6 is 0 Å². The average Bonchev–Trinajstić information content (AvgIpc) is 2.62. The molecule has 3 rings (SSSR count). The Morgan fingerprint density at radius 1 is 0.875 bits per heavy atom. The molecule has 3 aromatic rings. The van der Waals surface area contributed by atoms with Crippen LogP contribution in [-0.2, 0) is 4.79 Å². The van der Waals surface area contributed by atoms with Crippen molar-refractivity contribution in [3.63, 3.8) is 0 Å². The zero-order valence-corrected chi connectivity index (χ0v) is 13.9. The van der Waals surface area contributed by atoms with Crippen molar-refractivity contribution >= 4 is 16.7 Å². The van der Waals surface area contributed by atoms with Crippen LogP contribution in [0.15, 0.2) is 72.8 Å². The van der Waals surface area contributed by atoms with Gasteiger partial charge in [-0.15, -0.1) is 0 Å². The first-order valence-corrected chi connectivity index (χ1v) is 8.14. The number of ether oxygens (including phenoxy) is 1. The highest BCUT2D eigenvalue weighted by Gasteiger charge is 2.17. The third-order valence-electron chi connectivity index (χ3n) is 4.06. The van der Waals surface area contributed by atoms with Crippen LogP contribution in [0.4, 0.5) is 0 Å². The summed E-state index contributed by atoms with van der Waals surface area (Å²) in [4.78, 5) is 12.4. The molecule has 2 unspecified atom stereocenters. The van der Waals surface area contributed by atoms with E-state index in [0.29, 0.717) is 5.75 Å². The quantitative estimate of drug-likeness (QED) is 0.753. The maximum Gasteiger partial charge on any atom is 0.261 e. The number of nitrogens with one attached hydrogen (secondary N) is 1. The fraction of sp³-hybridized carbons (Fsp3) is 0.190. The predicted octanol–water partition coefficient (Wildman–Crippen LogP) is 4.48. The van der Waals surface area contributed by atoms with E-state index < -0.39 is 6.10 Å². The van der Waals surface area contributed by atoms with E-state index in [9.17, 15) is 4.79 Å². The van der Waals surface area contributed by atoms with Crippen LogP contribution in [0.25, 0.3) is 10.8 Å². The standard InChI is InChI=1S/C21H21NO2/c1-15(18-13-12-17-8-6-7-9-19(17)14-18)22-21(23)16(2)24-20-10-4-3-5-11-20/h3-16H,1-2H3,(H,22,23). The minimum Gasteiger partial charge on any atom is -0.481 e. The molecule has 122 valence electrons. The monoisotopic (exact) mass is 319 g/mol. The minimum atomic E-state index is -0.546. The zero-order valence-electron chi connectivity index (χ0n) is 13.9. The number of benzene rings is 3. The number of fused-ring (bicyclic) bond motifs is 1. The van der Waals surface area contributed by atoms with Crippen molar-refractivity contribution in [2.45, 2.75) is 26.0 Å². The van der Waals surface area contributed by atoms with Crippen LogP contribution in [0.1, 0.15) is 25.5 Å². The average molecular weight is 319 g/mol. The van der Waals surface area contributed by atoms with Gasteiger partial charge in [-0.2, -0.15) is 0 Å². The molecule has 24 heavy (non-hydrogen) atoms. The molecule has 3 heteroatoms. The van der Waals surface area contributed by atoms with Crippen molar-refractivity contribution in [1.29, 1.82) is 0 Å². The van der Waals surface area contributed by atoms with E-state index in [1.165, 1.54) is 10.8 Å². The molecule has 1 N–H and O–H groups in total. The van der Waals surface area contributed by atoms with Crippen molar-refractivity contribution in [2.24, 2.45) is 0 Å². The Morgan fingerprint density at radius 2 is 1.54 bits per heavy atom. The van der Waals surface area contributed by atoms with E-state index in [2.05, 4.69) is 35.6 Å². The highest BCUT2D eigenvalue weighted by Crippen LogP contribution is 2.20. The molecule has 3 nitrogen and oxygen atoms in total. The molecule has 0 aliphatic heterocycles. The molecule has 0 spiro atoms.